The van der Waals surface area contributed by atoms with Gasteiger partial charge in [0.05, 0.1) is 10.0 Å². The van der Waals surface area contributed by atoms with Crippen LogP contribution in [-0.4, -0.2) is 35.9 Å². The van der Waals surface area contributed by atoms with E-state index in [2.05, 4.69) is 28.2 Å². The highest BCUT2D eigenvalue weighted by Crippen LogP contribution is 2.24. The van der Waals surface area contributed by atoms with Crippen LogP contribution in [0.25, 0.3) is 0 Å². The molecule has 0 saturated heterocycles. The Morgan fingerprint density at radius 2 is 1.83 bits per heavy atom. The van der Waals surface area contributed by atoms with Gasteiger partial charge in [0.2, 0.25) is 5.91 Å². The van der Waals surface area contributed by atoms with Crippen molar-refractivity contribution in [3.63, 3.8) is 0 Å². The van der Waals surface area contributed by atoms with Crippen LogP contribution in [0, 0.1) is 0 Å². The van der Waals surface area contributed by atoms with Crippen molar-refractivity contribution in [1.29, 1.82) is 0 Å². The molecule has 0 spiro atoms. The molecule has 0 radical (unpaired) electrons. The van der Waals surface area contributed by atoms with Crippen LogP contribution in [0.15, 0.2) is 46.9 Å². The van der Waals surface area contributed by atoms with E-state index in [1.165, 1.54) is 4.90 Å². The minimum absolute atomic E-state index is 0.185. The Morgan fingerprint density at radius 3 is 2.47 bits per heavy atom. The third kappa shape index (κ3) is 7.49. The minimum Gasteiger partial charge on any atom is -0.484 e. The average molecular weight is 516 g/mol. The van der Waals surface area contributed by atoms with Crippen LogP contribution in [0.3, 0.4) is 0 Å². The zero-order valence-corrected chi connectivity index (χ0v) is 20.1. The zero-order chi connectivity index (χ0) is 22.1. The molecule has 30 heavy (non-hydrogen) atoms. The summed E-state index contributed by atoms with van der Waals surface area (Å²) in [6, 6.07) is 11.7. The van der Waals surface area contributed by atoms with Gasteiger partial charge in [-0.3, -0.25) is 9.59 Å². The molecule has 162 valence electrons. The van der Waals surface area contributed by atoms with E-state index >= 15 is 0 Å². The van der Waals surface area contributed by atoms with Gasteiger partial charge in [-0.05, 0) is 55.3 Å². The number of unbranched alkanes of at least 4 members (excludes halogenated alkanes) is 1. The molecule has 8 heteroatoms. The number of nitrogens with zero attached hydrogens (tertiary/aromatic N) is 1. The Labute approximate surface area is 195 Å². The standard InChI is InChI=1S/C22H25BrCl2N2O3/c1-3-4-11-26-22(29)15(2)27(13-16-5-10-19(24)20(25)12-16)21(28)14-30-18-8-6-17(23)7-9-18/h5-10,12,15H,3-4,11,13-14H2,1-2H3,(H,26,29)/t15-/m0/s1. The number of amides is 2. The first-order valence-electron chi connectivity index (χ1n) is 9.71. The average Bonchev–Trinajstić information content (AvgIpc) is 2.73. The number of rotatable bonds is 10. The molecule has 5 nitrogen and oxygen atoms in total. The third-order valence-corrected chi connectivity index (χ3v) is 5.78. The summed E-state index contributed by atoms with van der Waals surface area (Å²) in [7, 11) is 0. The van der Waals surface area contributed by atoms with E-state index in [9.17, 15) is 9.59 Å². The quantitative estimate of drug-likeness (QED) is 0.427. The molecule has 0 heterocycles. The van der Waals surface area contributed by atoms with E-state index < -0.39 is 6.04 Å². The van der Waals surface area contributed by atoms with Gasteiger partial charge in [-0.2, -0.15) is 0 Å². The van der Waals surface area contributed by atoms with Gasteiger partial charge in [0.15, 0.2) is 6.61 Å². The van der Waals surface area contributed by atoms with Gasteiger partial charge in [0.25, 0.3) is 5.91 Å². The van der Waals surface area contributed by atoms with Crippen LogP contribution in [0.2, 0.25) is 10.0 Å². The Hall–Kier alpha value is -1.76. The number of benzene rings is 2. The van der Waals surface area contributed by atoms with Gasteiger partial charge in [-0.15, -0.1) is 0 Å². The lowest BCUT2D eigenvalue weighted by Gasteiger charge is -2.29. The molecule has 0 saturated carbocycles. The van der Waals surface area contributed by atoms with Crippen molar-refractivity contribution in [3.8, 4) is 5.75 Å². The van der Waals surface area contributed by atoms with E-state index in [-0.39, 0.29) is 25.0 Å². The van der Waals surface area contributed by atoms with Gasteiger partial charge in [-0.1, -0.05) is 58.5 Å². The fourth-order valence-electron chi connectivity index (χ4n) is 2.71. The number of carbonyl (C=O) groups is 2. The second-order valence-corrected chi connectivity index (χ2v) is 8.56. The molecular formula is C22H25BrCl2N2O3. The van der Waals surface area contributed by atoms with Crippen LogP contribution >= 0.6 is 39.1 Å². The normalized spacial score (nSPS) is 11.6. The van der Waals surface area contributed by atoms with E-state index in [4.69, 9.17) is 27.9 Å². The van der Waals surface area contributed by atoms with Crippen molar-refractivity contribution in [2.45, 2.75) is 39.3 Å². The van der Waals surface area contributed by atoms with E-state index in [1.807, 2.05) is 12.1 Å². The number of nitrogens with one attached hydrogen (secondary N) is 1. The first kappa shape index (κ1) is 24.5. The number of halogens is 3. The van der Waals surface area contributed by atoms with Crippen molar-refractivity contribution in [3.05, 3.63) is 62.5 Å². The molecule has 0 aliphatic heterocycles. The summed E-state index contributed by atoms with van der Waals surface area (Å²) in [6.45, 7) is 4.35. The SMILES string of the molecule is CCCCNC(=O)[C@H](C)N(Cc1ccc(Cl)c(Cl)c1)C(=O)COc1ccc(Br)cc1. The molecule has 0 aliphatic carbocycles. The van der Waals surface area contributed by atoms with Crippen molar-refractivity contribution < 1.29 is 14.3 Å². The maximum absolute atomic E-state index is 13.0. The van der Waals surface area contributed by atoms with Crippen LogP contribution < -0.4 is 10.1 Å². The fourth-order valence-corrected chi connectivity index (χ4v) is 3.30. The van der Waals surface area contributed by atoms with E-state index in [0.717, 1.165) is 22.9 Å². The summed E-state index contributed by atoms with van der Waals surface area (Å²) in [5.41, 5.74) is 0.773. The largest absolute Gasteiger partial charge is 0.484 e. The van der Waals surface area contributed by atoms with Crippen LogP contribution in [0.1, 0.15) is 32.3 Å². The second kappa shape index (κ2) is 12.2. The van der Waals surface area contributed by atoms with Crippen molar-refractivity contribution >= 4 is 50.9 Å². The van der Waals surface area contributed by atoms with Gasteiger partial charge < -0.3 is 15.0 Å². The molecule has 2 aromatic rings. The van der Waals surface area contributed by atoms with Gasteiger partial charge in [-0.25, -0.2) is 0 Å². The number of ether oxygens (including phenoxy) is 1. The third-order valence-electron chi connectivity index (χ3n) is 4.51. The van der Waals surface area contributed by atoms with Crippen molar-refractivity contribution in [2.24, 2.45) is 0 Å². The molecule has 2 aromatic carbocycles. The molecule has 1 atom stereocenters. The molecule has 0 fully saturated rings. The number of carbonyl (C=O) groups excluding carboxylic acids is 2. The highest BCUT2D eigenvalue weighted by molar-refractivity contribution is 9.10. The Bertz CT molecular complexity index is 862. The minimum atomic E-state index is -0.669. The first-order chi connectivity index (χ1) is 14.3. The summed E-state index contributed by atoms with van der Waals surface area (Å²) < 4.78 is 6.54. The highest BCUT2D eigenvalue weighted by atomic mass is 79.9. The number of hydrogen-bond donors (Lipinski definition) is 1. The van der Waals surface area contributed by atoms with Crippen LogP contribution in [-0.2, 0) is 16.1 Å². The predicted molar refractivity (Wildman–Crippen MR) is 124 cm³/mol. The smallest absolute Gasteiger partial charge is 0.261 e. The lowest BCUT2D eigenvalue weighted by Crippen LogP contribution is -2.49. The van der Waals surface area contributed by atoms with E-state index in [1.54, 1.807) is 37.3 Å². The Kier molecular flexibility index (Phi) is 9.95. The second-order valence-electron chi connectivity index (χ2n) is 6.83. The maximum Gasteiger partial charge on any atom is 0.261 e. The molecule has 1 N–H and O–H groups in total. The first-order valence-corrected chi connectivity index (χ1v) is 11.3. The van der Waals surface area contributed by atoms with Crippen molar-refractivity contribution in [1.82, 2.24) is 10.2 Å². The summed E-state index contributed by atoms with van der Waals surface area (Å²) >= 11 is 15.5. The predicted octanol–water partition coefficient (Wildman–Crippen LogP) is 5.47. The Balaban J connectivity index is 2.13. The van der Waals surface area contributed by atoms with Crippen LogP contribution in [0.4, 0.5) is 0 Å². The summed E-state index contributed by atoms with van der Waals surface area (Å²) in [6.07, 6.45) is 1.85. The summed E-state index contributed by atoms with van der Waals surface area (Å²) in [4.78, 5) is 27.0. The molecule has 0 aliphatic rings. The monoisotopic (exact) mass is 514 g/mol. The fraction of sp³-hybridized carbons (Fsp3) is 0.364. The zero-order valence-electron chi connectivity index (χ0n) is 17.0. The molecular weight excluding hydrogens is 491 g/mol. The van der Waals surface area contributed by atoms with Gasteiger partial charge >= 0.3 is 0 Å². The highest BCUT2D eigenvalue weighted by Gasteiger charge is 2.26. The Morgan fingerprint density at radius 1 is 1.13 bits per heavy atom. The molecule has 2 amide bonds. The van der Waals surface area contributed by atoms with Gasteiger partial charge in [0.1, 0.15) is 11.8 Å². The lowest BCUT2D eigenvalue weighted by molar-refractivity contribution is -0.142. The molecule has 0 aromatic heterocycles. The maximum atomic E-state index is 13.0. The topological polar surface area (TPSA) is 58.6 Å². The summed E-state index contributed by atoms with van der Waals surface area (Å²) in [5, 5.41) is 3.71. The summed E-state index contributed by atoms with van der Waals surface area (Å²) in [5.74, 6) is 0.0590. The van der Waals surface area contributed by atoms with E-state index in [0.29, 0.717) is 22.3 Å². The molecule has 2 rings (SSSR count). The molecule has 0 unspecified atom stereocenters. The lowest BCUT2D eigenvalue weighted by atomic mass is 10.1. The molecule has 0 bridgehead atoms. The van der Waals surface area contributed by atoms with Crippen LogP contribution in [0.5, 0.6) is 5.75 Å². The number of hydrogen-bond acceptors (Lipinski definition) is 3. The van der Waals surface area contributed by atoms with Crippen molar-refractivity contribution in [2.75, 3.05) is 13.2 Å². The van der Waals surface area contributed by atoms with Gasteiger partial charge in [0, 0.05) is 17.6 Å².